The molecule has 2 aromatic carbocycles. The van der Waals surface area contributed by atoms with E-state index in [0.717, 1.165) is 19.4 Å². The van der Waals surface area contributed by atoms with Gasteiger partial charge in [0.2, 0.25) is 0 Å². The average molecular weight is 353 g/mol. The number of carbonyl (C=O) groups is 1. The summed E-state index contributed by atoms with van der Waals surface area (Å²) in [7, 11) is 0. The zero-order chi connectivity index (χ0) is 18.1. The van der Waals surface area contributed by atoms with Crippen LogP contribution in [0, 0.1) is 11.6 Å². The maximum atomic E-state index is 14.0. The highest BCUT2D eigenvalue weighted by Gasteiger charge is 2.29. The highest BCUT2D eigenvalue weighted by molar-refractivity contribution is 5.97. The summed E-state index contributed by atoms with van der Waals surface area (Å²) in [5.74, 6) is -0.127. The first-order valence-corrected chi connectivity index (χ1v) is 8.58. The fourth-order valence-electron chi connectivity index (χ4n) is 3.56. The van der Waals surface area contributed by atoms with Crippen molar-refractivity contribution >= 4 is 22.5 Å². The van der Waals surface area contributed by atoms with Crippen LogP contribution in [0.1, 0.15) is 29.6 Å². The minimum atomic E-state index is -0.385. The van der Waals surface area contributed by atoms with E-state index >= 15 is 0 Å². The van der Waals surface area contributed by atoms with Crippen LogP contribution in [-0.4, -0.2) is 28.3 Å². The fourth-order valence-corrected chi connectivity index (χ4v) is 3.56. The van der Waals surface area contributed by atoms with Gasteiger partial charge in [-0.25, -0.2) is 18.7 Å². The number of Topliss-reactive ketones (excluding diaryl/α,β-unsaturated/α-hetero) is 1. The van der Waals surface area contributed by atoms with Gasteiger partial charge in [-0.1, -0.05) is 6.07 Å². The Hall–Kier alpha value is -2.89. The van der Waals surface area contributed by atoms with Crippen molar-refractivity contribution in [2.45, 2.75) is 25.3 Å². The van der Waals surface area contributed by atoms with Crippen molar-refractivity contribution in [1.29, 1.82) is 0 Å². The number of nitrogens with zero attached hydrogens (tertiary/aromatic N) is 3. The number of ketones is 1. The van der Waals surface area contributed by atoms with E-state index < -0.39 is 0 Å². The summed E-state index contributed by atoms with van der Waals surface area (Å²) in [5, 5.41) is 0.647. The smallest absolute Gasteiger partial charge is 0.164 e. The Bertz CT molecular complexity index is 959. The summed E-state index contributed by atoms with van der Waals surface area (Å²) in [6.07, 6.45) is 3.46. The molecular weight excluding hydrogens is 336 g/mol. The highest BCUT2D eigenvalue weighted by Crippen LogP contribution is 2.32. The van der Waals surface area contributed by atoms with E-state index in [2.05, 4.69) is 14.9 Å². The van der Waals surface area contributed by atoms with E-state index in [9.17, 15) is 13.6 Å². The number of hydrogen-bond acceptors (Lipinski definition) is 4. The predicted octanol–water partition coefficient (Wildman–Crippen LogP) is 4.15. The molecule has 1 aliphatic heterocycles. The number of anilines is 1. The Morgan fingerprint density at radius 1 is 1.12 bits per heavy atom. The van der Waals surface area contributed by atoms with Crippen LogP contribution >= 0.6 is 0 Å². The summed E-state index contributed by atoms with van der Waals surface area (Å²) in [6.45, 7) is 0.754. The third-order valence-corrected chi connectivity index (χ3v) is 4.83. The molecule has 0 radical (unpaired) electrons. The molecule has 1 atom stereocenters. The molecular formula is C20H17F2N3O. The highest BCUT2D eigenvalue weighted by atomic mass is 19.1. The van der Waals surface area contributed by atoms with Crippen molar-refractivity contribution in [2.24, 2.45) is 0 Å². The van der Waals surface area contributed by atoms with Crippen molar-refractivity contribution in [1.82, 2.24) is 9.97 Å². The molecule has 3 aromatic rings. The zero-order valence-corrected chi connectivity index (χ0v) is 14.0. The molecule has 0 bridgehead atoms. The summed E-state index contributed by atoms with van der Waals surface area (Å²) in [5.41, 5.74) is 0.782. The van der Waals surface area contributed by atoms with Crippen molar-refractivity contribution in [2.75, 3.05) is 11.4 Å². The van der Waals surface area contributed by atoms with Gasteiger partial charge in [-0.15, -0.1) is 0 Å². The lowest BCUT2D eigenvalue weighted by Gasteiger charge is -2.26. The maximum absolute atomic E-state index is 14.0. The van der Waals surface area contributed by atoms with Gasteiger partial charge in [0.1, 0.15) is 29.3 Å². The first-order chi connectivity index (χ1) is 12.6. The SMILES string of the molecule is O=C(CC1CCCN1c1ncnc2c(F)cccc12)c1ccc(F)cc1. The molecule has 0 amide bonds. The monoisotopic (exact) mass is 353 g/mol. The van der Waals surface area contributed by atoms with E-state index in [4.69, 9.17) is 0 Å². The van der Waals surface area contributed by atoms with Gasteiger partial charge in [-0.05, 0) is 49.2 Å². The van der Waals surface area contributed by atoms with Gasteiger partial charge in [0.25, 0.3) is 0 Å². The fraction of sp³-hybridized carbons (Fsp3) is 0.250. The van der Waals surface area contributed by atoms with Crippen molar-refractivity contribution in [3.63, 3.8) is 0 Å². The van der Waals surface area contributed by atoms with Crippen LogP contribution in [0.3, 0.4) is 0 Å². The van der Waals surface area contributed by atoms with Gasteiger partial charge in [-0.2, -0.15) is 0 Å². The number of benzene rings is 2. The predicted molar refractivity (Wildman–Crippen MR) is 95.2 cm³/mol. The Morgan fingerprint density at radius 3 is 2.73 bits per heavy atom. The number of fused-ring (bicyclic) bond motifs is 1. The van der Waals surface area contributed by atoms with Gasteiger partial charge < -0.3 is 4.90 Å². The summed E-state index contributed by atoms with van der Waals surface area (Å²) in [6, 6.07) is 10.4. The van der Waals surface area contributed by atoms with Gasteiger partial charge >= 0.3 is 0 Å². The minimum Gasteiger partial charge on any atom is -0.353 e. The Balaban J connectivity index is 1.62. The number of aromatic nitrogens is 2. The molecule has 0 aliphatic carbocycles. The summed E-state index contributed by atoms with van der Waals surface area (Å²) in [4.78, 5) is 23.0. The van der Waals surface area contributed by atoms with E-state index in [-0.39, 0.29) is 29.0 Å². The molecule has 2 heterocycles. The molecule has 26 heavy (non-hydrogen) atoms. The van der Waals surface area contributed by atoms with E-state index in [0.29, 0.717) is 23.2 Å². The van der Waals surface area contributed by atoms with E-state index in [1.807, 2.05) is 0 Å². The molecule has 0 saturated carbocycles. The van der Waals surface area contributed by atoms with Gasteiger partial charge in [0.15, 0.2) is 5.78 Å². The molecule has 0 spiro atoms. The lowest BCUT2D eigenvalue weighted by atomic mass is 10.0. The third kappa shape index (κ3) is 3.03. The quantitative estimate of drug-likeness (QED) is 0.661. The normalized spacial score (nSPS) is 17.0. The van der Waals surface area contributed by atoms with Crippen molar-refractivity contribution in [3.05, 3.63) is 66.0 Å². The Morgan fingerprint density at radius 2 is 1.92 bits per heavy atom. The molecule has 1 saturated heterocycles. The minimum absolute atomic E-state index is 0.0195. The van der Waals surface area contributed by atoms with Crippen LogP contribution in [0.25, 0.3) is 10.9 Å². The zero-order valence-electron chi connectivity index (χ0n) is 14.0. The van der Waals surface area contributed by atoms with Gasteiger partial charge in [-0.3, -0.25) is 4.79 Å². The number of halogens is 2. The third-order valence-electron chi connectivity index (χ3n) is 4.83. The Kier molecular flexibility index (Phi) is 4.32. The van der Waals surface area contributed by atoms with Crippen LogP contribution in [0.5, 0.6) is 0 Å². The maximum Gasteiger partial charge on any atom is 0.164 e. The molecule has 132 valence electrons. The topological polar surface area (TPSA) is 46.1 Å². The lowest BCUT2D eigenvalue weighted by Crippen LogP contribution is -2.32. The van der Waals surface area contributed by atoms with Crippen LogP contribution in [0.2, 0.25) is 0 Å². The van der Waals surface area contributed by atoms with Gasteiger partial charge in [0.05, 0.1) is 0 Å². The lowest BCUT2D eigenvalue weighted by molar-refractivity contribution is 0.0974. The number of hydrogen-bond donors (Lipinski definition) is 0. The van der Waals surface area contributed by atoms with Crippen LogP contribution in [-0.2, 0) is 0 Å². The first kappa shape index (κ1) is 16.6. The average Bonchev–Trinajstić information content (AvgIpc) is 3.10. The van der Waals surface area contributed by atoms with E-state index in [1.165, 1.54) is 36.7 Å². The standard InChI is InChI=1S/C20H17F2N3O/c21-14-8-6-13(7-9-14)18(26)11-15-3-2-10-25(15)20-16-4-1-5-17(22)19(16)23-12-24-20/h1,4-9,12,15H,2-3,10-11H2. The van der Waals surface area contributed by atoms with Crippen molar-refractivity contribution < 1.29 is 13.6 Å². The van der Waals surface area contributed by atoms with Crippen LogP contribution < -0.4 is 4.90 Å². The van der Waals surface area contributed by atoms with Crippen LogP contribution in [0.4, 0.5) is 14.6 Å². The Labute approximate surface area is 149 Å². The number of carbonyl (C=O) groups excluding carboxylic acids is 1. The molecule has 4 nitrogen and oxygen atoms in total. The molecule has 4 rings (SSSR count). The second kappa shape index (κ2) is 6.78. The molecule has 6 heteroatoms. The summed E-state index contributed by atoms with van der Waals surface area (Å²) < 4.78 is 27.1. The van der Waals surface area contributed by atoms with Crippen LogP contribution in [0.15, 0.2) is 48.8 Å². The molecule has 1 fully saturated rings. The summed E-state index contributed by atoms with van der Waals surface area (Å²) >= 11 is 0. The number of para-hydroxylation sites is 1. The largest absolute Gasteiger partial charge is 0.353 e. The molecule has 0 N–H and O–H groups in total. The van der Waals surface area contributed by atoms with E-state index in [1.54, 1.807) is 12.1 Å². The second-order valence-electron chi connectivity index (χ2n) is 6.46. The number of rotatable bonds is 4. The molecule has 1 unspecified atom stereocenters. The molecule has 1 aromatic heterocycles. The second-order valence-corrected chi connectivity index (χ2v) is 6.46. The van der Waals surface area contributed by atoms with Gasteiger partial charge in [0, 0.05) is 30.0 Å². The van der Waals surface area contributed by atoms with Crippen molar-refractivity contribution in [3.8, 4) is 0 Å². The molecule has 1 aliphatic rings. The first-order valence-electron chi connectivity index (χ1n) is 8.58.